The second kappa shape index (κ2) is 50.7. The maximum Gasteiger partial charge on any atom is 0.416 e. The number of hydrogen-bond acceptors (Lipinski definition) is 30. The Balaban J connectivity index is 0.000000131. The van der Waals surface area contributed by atoms with Gasteiger partial charge in [-0.3, -0.25) is 34.9 Å². The largest absolute Gasteiger partial charge is 0.497 e. The number of rotatable bonds is 24. The highest BCUT2D eigenvalue weighted by Crippen LogP contribution is 2.42. The maximum atomic E-state index is 12.9. The average molecular weight is 2110 g/mol. The van der Waals surface area contributed by atoms with Crippen molar-refractivity contribution in [2.24, 2.45) is 17.8 Å². The first-order valence-corrected chi connectivity index (χ1v) is 48.0. The predicted molar refractivity (Wildman–Crippen MR) is 539 cm³/mol. The lowest BCUT2D eigenvalue weighted by Gasteiger charge is -2.12. The Hall–Kier alpha value is -17.2. The third-order valence-corrected chi connectivity index (χ3v) is 23.5. The van der Waals surface area contributed by atoms with Crippen LogP contribution in [0.1, 0.15) is 153 Å². The Bertz CT molecular complexity index is 7540. The van der Waals surface area contributed by atoms with Crippen molar-refractivity contribution in [2.45, 2.75) is 130 Å². The standard InChI is InChI=1S/C20H23N3O.C19H21N3O.C15H7F6N3O.C15H13N3O3.C14H7BrF3N3O.C14H11N3O.C13H15N3O/c1-13(2)11-16-5-7-17(8-6-16)15(4)20-22-19(23-24-20)18-9-10-21-12-14(18)3;1-13(2)12-15-4-6-16(7-5-15)14(3)19-21-18(22-23-19)17-8-10-20-11-9-17;16-14(17,18)10-5-9(6-11(7-10)15(19,20)21)13-23-12(24-25-13)8-1-3-22-4-2-8;1-19-12-7-11(8-13(9-12)20-2)15-17-14(18-21-15)10-3-5-16-6-4-10;15-11-6-9(5-10(7-11)14(16,17)18)13-20-12(21-22-13)8-1-3-19-4-2-8;1-2-4-11(5-3-1)10-13-16-14(17-18-13)12-6-8-15-9-7-12;1-2-4-10(3-1)9-12-15-13(16-17-12)11-5-7-14-8-6-11/h5-10,12-13,15H,11H2,1-4H3;4-11,13-14H,12H2,1-3H3;1-7H;3-9H,1-2H3;1-7H;1-9H,10H2;5-8,10H,1-4,9H2. The minimum atomic E-state index is -4.95. The number of aryl methyl sites for hydroxylation is 1. The fraction of sp³-hybridized carbons (Fsp3) is 0.227. The zero-order valence-electron chi connectivity index (χ0n) is 82.2. The van der Waals surface area contributed by atoms with Gasteiger partial charge in [0.1, 0.15) is 11.5 Å². The van der Waals surface area contributed by atoms with Gasteiger partial charge >= 0.3 is 18.5 Å². The number of aromatic nitrogens is 21. The van der Waals surface area contributed by atoms with Gasteiger partial charge in [0, 0.05) is 159 Å². The fourth-order valence-electron chi connectivity index (χ4n) is 15.3. The van der Waals surface area contributed by atoms with Crippen molar-refractivity contribution in [3.63, 3.8) is 0 Å². The zero-order valence-corrected chi connectivity index (χ0v) is 83.8. The third kappa shape index (κ3) is 30.3. The predicted octanol–water partition coefficient (Wildman–Crippen LogP) is 27.1. The van der Waals surface area contributed by atoms with Gasteiger partial charge in [0.2, 0.25) is 64.3 Å². The number of nitrogens with zero attached hydrogens (tertiary/aromatic N) is 21. The molecule has 30 nitrogen and oxygen atoms in total. The first kappa shape index (κ1) is 107. The fourth-order valence-corrected chi connectivity index (χ4v) is 15.8. The van der Waals surface area contributed by atoms with E-state index in [4.69, 9.17) is 41.1 Å². The van der Waals surface area contributed by atoms with E-state index in [9.17, 15) is 39.5 Å². The van der Waals surface area contributed by atoms with E-state index in [1.54, 1.807) is 101 Å². The van der Waals surface area contributed by atoms with Gasteiger partial charge in [-0.1, -0.05) is 171 Å². The number of ether oxygens (including phenoxy) is 2. The molecule has 766 valence electrons. The quantitative estimate of drug-likeness (QED) is 0.0507. The molecule has 0 bridgehead atoms. The van der Waals surface area contributed by atoms with Gasteiger partial charge in [0.15, 0.2) is 0 Å². The van der Waals surface area contributed by atoms with E-state index in [2.05, 4.69) is 212 Å². The highest BCUT2D eigenvalue weighted by Gasteiger charge is 2.38. The van der Waals surface area contributed by atoms with E-state index in [0.717, 1.165) is 87.7 Å². The molecule has 14 aromatic heterocycles. The summed E-state index contributed by atoms with van der Waals surface area (Å²) in [6.07, 6.45) is 17.9. The van der Waals surface area contributed by atoms with Crippen LogP contribution in [0.2, 0.25) is 0 Å². The van der Waals surface area contributed by atoms with Crippen molar-refractivity contribution < 1.29 is 80.6 Å². The summed E-state index contributed by atoms with van der Waals surface area (Å²) >= 11 is 3.06. The SMILES string of the molecule is CC(C)Cc1ccc(C(C)c2nc(-c3ccncc3)no2)cc1.COc1cc(OC)cc(-c2nc(-c3ccncc3)no2)c1.Cc1cnccc1-c1noc(C(C)c2ccc(CC(C)C)cc2)n1.FC(F)(F)c1cc(-c2nc(-c3ccncc3)no2)cc(C(F)(F)F)c1.FC(F)(F)c1cc(Br)cc(-c2nc(-c3ccncc3)no2)c1.c1cc(-c2noc(CC3CCCC3)n2)ccn1.c1ccc(Cc2nc(-c3ccncc3)no2)cc1. The molecule has 2 unspecified atom stereocenters. The van der Waals surface area contributed by atoms with Gasteiger partial charge in [0.05, 0.1) is 49.2 Å². The third-order valence-electron chi connectivity index (χ3n) is 23.0. The Kier molecular flexibility index (Phi) is 36.2. The summed E-state index contributed by atoms with van der Waals surface area (Å²) in [5, 5.41) is 27.5. The molecule has 1 fully saturated rings. The molecule has 2 atom stereocenters. The summed E-state index contributed by atoms with van der Waals surface area (Å²) < 4.78 is 163. The van der Waals surface area contributed by atoms with Crippen molar-refractivity contribution in [3.8, 4) is 126 Å². The van der Waals surface area contributed by atoms with Crippen LogP contribution in [0.3, 0.4) is 0 Å². The summed E-state index contributed by atoms with van der Waals surface area (Å²) in [6.45, 7) is 15.1. The van der Waals surface area contributed by atoms with E-state index in [0.29, 0.717) is 106 Å². The molecule has 1 aliphatic rings. The van der Waals surface area contributed by atoms with Gasteiger partial charge in [0.25, 0.3) is 17.7 Å². The van der Waals surface area contributed by atoms with Crippen molar-refractivity contribution in [1.82, 2.24) is 106 Å². The van der Waals surface area contributed by atoms with Gasteiger partial charge in [-0.2, -0.15) is 74.4 Å². The Morgan fingerprint density at radius 1 is 0.327 bits per heavy atom. The Labute approximate surface area is 862 Å². The van der Waals surface area contributed by atoms with Crippen molar-refractivity contribution in [2.75, 3.05) is 14.2 Å². The van der Waals surface area contributed by atoms with Gasteiger partial charge in [-0.05, 0) is 225 Å². The average Bonchev–Trinajstić information content (AvgIpc) is 1.43. The molecule has 1 saturated carbocycles. The summed E-state index contributed by atoms with van der Waals surface area (Å²) in [6, 6.07) is 60.5. The first-order valence-electron chi connectivity index (χ1n) is 47.2. The van der Waals surface area contributed by atoms with Crippen LogP contribution in [0.4, 0.5) is 39.5 Å². The van der Waals surface area contributed by atoms with E-state index < -0.39 is 46.7 Å². The monoisotopic (exact) mass is 2110 g/mol. The number of hydrogen-bond donors (Lipinski definition) is 0. The lowest BCUT2D eigenvalue weighted by Crippen LogP contribution is -2.11. The number of methoxy groups -OCH3 is 2. The molecule has 0 amide bonds. The second-order valence-corrected chi connectivity index (χ2v) is 36.0. The molecule has 14 heterocycles. The van der Waals surface area contributed by atoms with Gasteiger partial charge in [-0.15, -0.1) is 0 Å². The maximum absolute atomic E-state index is 12.9. The minimum absolute atomic E-state index is 0.0126. The Morgan fingerprint density at radius 2 is 0.660 bits per heavy atom. The van der Waals surface area contributed by atoms with Crippen LogP contribution in [0, 0.1) is 24.7 Å². The number of halogens is 10. The van der Waals surface area contributed by atoms with Gasteiger partial charge < -0.3 is 41.1 Å². The summed E-state index contributed by atoms with van der Waals surface area (Å²) in [4.78, 5) is 57.9. The highest BCUT2D eigenvalue weighted by molar-refractivity contribution is 9.10. The Morgan fingerprint density at radius 3 is 1.05 bits per heavy atom. The molecule has 0 aliphatic heterocycles. The van der Waals surface area contributed by atoms with E-state index in [-0.39, 0.29) is 45.5 Å². The first-order chi connectivity index (χ1) is 72.4. The molecule has 150 heavy (non-hydrogen) atoms. The number of alkyl halides is 9. The van der Waals surface area contributed by atoms with Crippen LogP contribution in [-0.2, 0) is 44.2 Å². The molecule has 0 N–H and O–H groups in total. The zero-order chi connectivity index (χ0) is 106. The molecule has 1 aliphatic carbocycles. The number of pyridine rings is 7. The van der Waals surface area contributed by atoms with Crippen LogP contribution in [0.15, 0.2) is 335 Å². The molecule has 20 aromatic rings. The van der Waals surface area contributed by atoms with Crippen LogP contribution in [-0.4, -0.2) is 120 Å². The van der Waals surface area contributed by atoms with Crippen LogP contribution >= 0.6 is 15.9 Å². The van der Waals surface area contributed by atoms with Crippen molar-refractivity contribution in [3.05, 3.63) is 377 Å². The van der Waals surface area contributed by atoms with Crippen molar-refractivity contribution >= 4 is 15.9 Å². The normalized spacial score (nSPS) is 12.3. The molecule has 0 saturated heterocycles. The summed E-state index contributed by atoms with van der Waals surface area (Å²) in [5.74, 6) is 9.44. The van der Waals surface area contributed by atoms with E-state index in [1.807, 2.05) is 110 Å². The smallest absolute Gasteiger partial charge is 0.416 e. The summed E-state index contributed by atoms with van der Waals surface area (Å²) in [7, 11) is 3.18. The van der Waals surface area contributed by atoms with Crippen molar-refractivity contribution in [1.29, 1.82) is 0 Å². The molecular weight excluding hydrogens is 2010 g/mol. The lowest BCUT2D eigenvalue weighted by atomic mass is 9.97. The lowest BCUT2D eigenvalue weighted by molar-refractivity contribution is -0.143. The van der Waals surface area contributed by atoms with E-state index in [1.165, 1.54) is 78.5 Å². The second-order valence-electron chi connectivity index (χ2n) is 35.1. The highest BCUT2D eigenvalue weighted by atomic mass is 79.9. The summed E-state index contributed by atoms with van der Waals surface area (Å²) in [5.41, 5.74) is 9.72. The molecule has 0 spiro atoms. The van der Waals surface area contributed by atoms with Crippen LogP contribution < -0.4 is 9.47 Å². The molecule has 6 aromatic carbocycles. The van der Waals surface area contributed by atoms with E-state index >= 15 is 0 Å². The van der Waals surface area contributed by atoms with Gasteiger partial charge in [-0.25, -0.2) is 0 Å². The van der Waals surface area contributed by atoms with Crippen LogP contribution in [0.5, 0.6) is 11.5 Å². The molecule has 40 heteroatoms. The molecular formula is C110H97BrF9N21O9. The molecule has 0 radical (unpaired) electrons. The van der Waals surface area contributed by atoms with Crippen LogP contribution in [0.25, 0.3) is 114 Å². The topological polar surface area (TPSA) is 381 Å². The minimum Gasteiger partial charge on any atom is -0.497 e. The molecule has 21 rings (SSSR count). The number of benzene rings is 6.